The first-order valence-corrected chi connectivity index (χ1v) is 10.3. The standard InChI is InChI=1S/C17H24N4O5S/c1-12(15(22)21-13(2)16(23)24)18-9-7-5-4-6-8-14-10-19-17(20-11-14)27(3,25)26/h10-13,18H,4-5,7,9H2,1-3H3,(H,21,22)(H,23,24)/t12-,13-/m0/s1. The number of nitrogens with zero attached hydrogens (tertiary/aromatic N) is 2. The molecule has 1 aromatic rings. The van der Waals surface area contributed by atoms with Gasteiger partial charge in [0.2, 0.25) is 20.9 Å². The second-order valence-corrected chi connectivity index (χ2v) is 7.94. The molecule has 0 saturated heterocycles. The van der Waals surface area contributed by atoms with Crippen molar-refractivity contribution in [2.24, 2.45) is 0 Å². The first-order valence-electron chi connectivity index (χ1n) is 8.39. The van der Waals surface area contributed by atoms with E-state index in [4.69, 9.17) is 5.11 Å². The summed E-state index contributed by atoms with van der Waals surface area (Å²) < 4.78 is 22.5. The van der Waals surface area contributed by atoms with Gasteiger partial charge in [-0.3, -0.25) is 9.59 Å². The number of rotatable bonds is 9. The first-order chi connectivity index (χ1) is 12.6. The summed E-state index contributed by atoms with van der Waals surface area (Å²) in [6, 6.07) is -1.41. The molecule has 0 bridgehead atoms. The average molecular weight is 396 g/mol. The highest BCUT2D eigenvalue weighted by molar-refractivity contribution is 7.90. The van der Waals surface area contributed by atoms with Gasteiger partial charge in [0.05, 0.1) is 11.6 Å². The van der Waals surface area contributed by atoms with Crippen LogP contribution in [-0.4, -0.2) is 60.3 Å². The highest BCUT2D eigenvalue weighted by atomic mass is 32.2. The van der Waals surface area contributed by atoms with E-state index in [-0.39, 0.29) is 11.1 Å². The van der Waals surface area contributed by atoms with E-state index in [2.05, 4.69) is 32.4 Å². The number of carbonyl (C=O) groups is 2. The molecule has 1 aromatic heterocycles. The molecule has 0 spiro atoms. The van der Waals surface area contributed by atoms with Crippen molar-refractivity contribution in [3.63, 3.8) is 0 Å². The molecular weight excluding hydrogens is 372 g/mol. The van der Waals surface area contributed by atoms with Gasteiger partial charge in [-0.05, 0) is 33.2 Å². The number of hydrogen-bond donors (Lipinski definition) is 3. The van der Waals surface area contributed by atoms with Crippen LogP contribution in [0.3, 0.4) is 0 Å². The van der Waals surface area contributed by atoms with Crippen LogP contribution in [0.15, 0.2) is 17.6 Å². The van der Waals surface area contributed by atoms with Crippen molar-refractivity contribution in [2.45, 2.75) is 50.4 Å². The predicted octanol–water partition coefficient (Wildman–Crippen LogP) is -0.0307. The third-order valence-electron chi connectivity index (χ3n) is 3.49. The fraction of sp³-hybridized carbons (Fsp3) is 0.529. The van der Waals surface area contributed by atoms with Gasteiger partial charge in [0.25, 0.3) is 0 Å². The van der Waals surface area contributed by atoms with E-state index in [1.54, 1.807) is 6.92 Å². The van der Waals surface area contributed by atoms with Crippen LogP contribution in [0, 0.1) is 11.8 Å². The van der Waals surface area contributed by atoms with E-state index in [0.29, 0.717) is 18.5 Å². The Morgan fingerprint density at radius 3 is 2.37 bits per heavy atom. The molecule has 0 aliphatic carbocycles. The number of carboxylic acids is 1. The Morgan fingerprint density at radius 2 is 1.81 bits per heavy atom. The molecule has 3 N–H and O–H groups in total. The molecule has 0 fully saturated rings. The lowest BCUT2D eigenvalue weighted by Gasteiger charge is -2.15. The number of aromatic nitrogens is 2. The summed E-state index contributed by atoms with van der Waals surface area (Å²) in [5.74, 6) is 4.38. The summed E-state index contributed by atoms with van der Waals surface area (Å²) in [7, 11) is -3.41. The molecular formula is C17H24N4O5S. The van der Waals surface area contributed by atoms with Crippen LogP contribution in [0.2, 0.25) is 0 Å². The van der Waals surface area contributed by atoms with Crippen molar-refractivity contribution in [1.82, 2.24) is 20.6 Å². The summed E-state index contributed by atoms with van der Waals surface area (Å²) in [6.45, 7) is 3.68. The van der Waals surface area contributed by atoms with Crippen molar-refractivity contribution in [3.05, 3.63) is 18.0 Å². The predicted molar refractivity (Wildman–Crippen MR) is 98.6 cm³/mol. The zero-order chi connectivity index (χ0) is 20.4. The molecule has 0 saturated carbocycles. The molecule has 1 amide bonds. The number of aliphatic carboxylic acids is 1. The minimum Gasteiger partial charge on any atom is -0.480 e. The van der Waals surface area contributed by atoms with Crippen LogP contribution in [0.1, 0.15) is 38.7 Å². The van der Waals surface area contributed by atoms with Crippen molar-refractivity contribution < 1.29 is 23.1 Å². The van der Waals surface area contributed by atoms with Gasteiger partial charge in [-0.2, -0.15) is 0 Å². The number of nitrogens with one attached hydrogen (secondary N) is 2. The van der Waals surface area contributed by atoms with E-state index >= 15 is 0 Å². The molecule has 1 rings (SSSR count). The first kappa shape index (κ1) is 22.5. The highest BCUT2D eigenvalue weighted by Crippen LogP contribution is 2.01. The van der Waals surface area contributed by atoms with Gasteiger partial charge in [0.15, 0.2) is 0 Å². The maximum Gasteiger partial charge on any atom is 0.325 e. The minimum absolute atomic E-state index is 0.227. The summed E-state index contributed by atoms with van der Waals surface area (Å²) in [5.41, 5.74) is 0.540. The lowest BCUT2D eigenvalue weighted by atomic mass is 10.2. The van der Waals surface area contributed by atoms with Crippen molar-refractivity contribution >= 4 is 21.7 Å². The van der Waals surface area contributed by atoms with E-state index in [0.717, 1.165) is 19.1 Å². The van der Waals surface area contributed by atoms with Gasteiger partial charge in [-0.15, -0.1) is 0 Å². The smallest absolute Gasteiger partial charge is 0.325 e. The van der Waals surface area contributed by atoms with Gasteiger partial charge in [0, 0.05) is 25.1 Å². The summed E-state index contributed by atoms with van der Waals surface area (Å²) in [5, 5.41) is 14.0. The lowest BCUT2D eigenvalue weighted by molar-refractivity contribution is -0.141. The molecule has 1 heterocycles. The summed E-state index contributed by atoms with van der Waals surface area (Å²) in [4.78, 5) is 30.0. The number of hydrogen-bond acceptors (Lipinski definition) is 7. The second kappa shape index (κ2) is 10.6. The maximum absolute atomic E-state index is 11.8. The fourth-order valence-electron chi connectivity index (χ4n) is 1.89. The SMILES string of the molecule is C[C@H](NC(=O)[C@H](C)NCCCCC#Cc1cnc(S(C)(=O)=O)nc1)C(=O)O. The third-order valence-corrected chi connectivity index (χ3v) is 4.37. The van der Waals surface area contributed by atoms with E-state index in [1.165, 1.54) is 19.3 Å². The Labute approximate surface area is 158 Å². The molecule has 0 aromatic carbocycles. The summed E-state index contributed by atoms with van der Waals surface area (Å²) >= 11 is 0. The van der Waals surface area contributed by atoms with Gasteiger partial charge in [-0.25, -0.2) is 18.4 Å². The number of carbonyl (C=O) groups excluding carboxylic acids is 1. The molecule has 148 valence electrons. The van der Waals surface area contributed by atoms with Crippen molar-refractivity contribution in [1.29, 1.82) is 0 Å². The summed E-state index contributed by atoms with van der Waals surface area (Å²) in [6.07, 6.45) is 6.02. The molecule has 2 atom stereocenters. The largest absolute Gasteiger partial charge is 0.480 e. The Morgan fingerprint density at radius 1 is 1.19 bits per heavy atom. The molecule has 0 radical (unpaired) electrons. The number of unbranched alkanes of at least 4 members (excludes halogenated alkanes) is 2. The Kier molecular flexibility index (Phi) is 8.84. The maximum atomic E-state index is 11.8. The zero-order valence-electron chi connectivity index (χ0n) is 15.5. The topological polar surface area (TPSA) is 138 Å². The zero-order valence-corrected chi connectivity index (χ0v) is 16.3. The van der Waals surface area contributed by atoms with Gasteiger partial charge in [-0.1, -0.05) is 11.8 Å². The second-order valence-electron chi connectivity index (χ2n) is 6.03. The molecule has 27 heavy (non-hydrogen) atoms. The van der Waals surface area contributed by atoms with Crippen LogP contribution in [0.4, 0.5) is 0 Å². The molecule has 0 aliphatic heterocycles. The van der Waals surface area contributed by atoms with Gasteiger partial charge >= 0.3 is 5.97 Å². The minimum atomic E-state index is -3.41. The number of sulfone groups is 1. The van der Waals surface area contributed by atoms with E-state index < -0.39 is 27.9 Å². The van der Waals surface area contributed by atoms with Crippen LogP contribution >= 0.6 is 0 Å². The van der Waals surface area contributed by atoms with Gasteiger partial charge < -0.3 is 15.7 Å². The van der Waals surface area contributed by atoms with Crippen LogP contribution < -0.4 is 10.6 Å². The van der Waals surface area contributed by atoms with Crippen LogP contribution in [0.5, 0.6) is 0 Å². The number of amides is 1. The van der Waals surface area contributed by atoms with E-state index in [1.807, 2.05) is 0 Å². The Balaban J connectivity index is 2.27. The van der Waals surface area contributed by atoms with Crippen molar-refractivity contribution in [2.75, 3.05) is 12.8 Å². The lowest BCUT2D eigenvalue weighted by Crippen LogP contribution is -2.48. The monoisotopic (exact) mass is 396 g/mol. The molecule has 0 unspecified atom stereocenters. The van der Waals surface area contributed by atoms with Crippen LogP contribution in [-0.2, 0) is 19.4 Å². The average Bonchev–Trinajstić information content (AvgIpc) is 2.60. The highest BCUT2D eigenvalue weighted by Gasteiger charge is 2.18. The number of carboxylic acid groups (broad SMARTS) is 1. The molecule has 10 heteroatoms. The Bertz CT molecular complexity index is 812. The van der Waals surface area contributed by atoms with E-state index in [9.17, 15) is 18.0 Å². The van der Waals surface area contributed by atoms with Crippen LogP contribution in [0.25, 0.3) is 0 Å². The normalized spacial score (nSPS) is 13.1. The third kappa shape index (κ3) is 8.61. The quantitative estimate of drug-likeness (QED) is 0.300. The Hall–Kier alpha value is -2.51. The van der Waals surface area contributed by atoms with Crippen molar-refractivity contribution in [3.8, 4) is 11.8 Å². The molecule has 9 nitrogen and oxygen atoms in total. The fourth-order valence-corrected chi connectivity index (χ4v) is 2.37. The molecule has 0 aliphatic rings. The van der Waals surface area contributed by atoms with Gasteiger partial charge in [0.1, 0.15) is 6.04 Å².